The second kappa shape index (κ2) is 17.3. The number of hydrogen-bond donors (Lipinski definition) is 1. The van der Waals surface area contributed by atoms with E-state index in [1.54, 1.807) is 0 Å². The van der Waals surface area contributed by atoms with Gasteiger partial charge in [-0.1, -0.05) is 115 Å². The van der Waals surface area contributed by atoms with Crippen molar-refractivity contribution in [1.29, 1.82) is 0 Å². The monoisotopic (exact) mass is 374 g/mol. The summed E-state index contributed by atoms with van der Waals surface area (Å²) in [5, 5.41) is 0. The van der Waals surface area contributed by atoms with Crippen LogP contribution in [0.1, 0.15) is 115 Å². The van der Waals surface area contributed by atoms with E-state index in [0.717, 1.165) is 0 Å². The van der Waals surface area contributed by atoms with Crippen molar-refractivity contribution in [3.05, 3.63) is 29.8 Å². The van der Waals surface area contributed by atoms with E-state index in [-0.39, 0.29) is 0 Å². The minimum atomic E-state index is 1.25. The lowest BCUT2D eigenvalue weighted by Crippen LogP contribution is -3.00. The molecule has 0 aliphatic rings. The average Bonchev–Trinajstić information content (AvgIpc) is 2.68. The molecule has 0 spiro atoms. The minimum Gasteiger partial charge on any atom is -0.307 e. The molecule has 0 aliphatic carbocycles. The van der Waals surface area contributed by atoms with Crippen molar-refractivity contribution in [2.24, 2.45) is 0 Å². The van der Waals surface area contributed by atoms with Gasteiger partial charge in [-0.3, -0.25) is 0 Å². The van der Waals surface area contributed by atoms with Crippen molar-refractivity contribution in [3.63, 3.8) is 0 Å². The van der Waals surface area contributed by atoms with E-state index in [4.69, 9.17) is 0 Å². The summed E-state index contributed by atoms with van der Waals surface area (Å²) in [7, 11) is 4.37. The molecule has 1 rings (SSSR count). The van der Waals surface area contributed by atoms with Crippen molar-refractivity contribution in [2.75, 3.05) is 14.1 Å². The van der Waals surface area contributed by atoms with Crippen molar-refractivity contribution < 1.29 is 4.90 Å². The maximum atomic E-state index is 2.31. The topological polar surface area (TPSA) is 4.44 Å². The quantitative estimate of drug-likeness (QED) is 0.258. The van der Waals surface area contributed by atoms with E-state index in [1.165, 1.54) is 125 Å². The lowest BCUT2D eigenvalue weighted by molar-refractivity contribution is -0.786. The molecule has 1 nitrogen and oxygen atoms in total. The number of rotatable bonds is 18. The van der Waals surface area contributed by atoms with Gasteiger partial charge >= 0.3 is 0 Å². The molecule has 27 heavy (non-hydrogen) atoms. The number of benzene rings is 1. The molecule has 0 saturated heterocycles. The van der Waals surface area contributed by atoms with Crippen LogP contribution in [0.2, 0.25) is 0 Å². The van der Waals surface area contributed by atoms with Crippen LogP contribution < -0.4 is 4.90 Å². The Morgan fingerprint density at radius 3 is 1.26 bits per heavy atom. The maximum Gasteiger partial charge on any atom is 0.130 e. The molecule has 0 heterocycles. The lowest BCUT2D eigenvalue weighted by atomic mass is 10.0. The van der Waals surface area contributed by atoms with E-state index in [1.807, 2.05) is 0 Å². The Morgan fingerprint density at radius 2 is 0.889 bits per heavy atom. The molecule has 1 N–H and O–H groups in total. The summed E-state index contributed by atoms with van der Waals surface area (Å²) in [6.07, 6.45) is 24.4. The molecule has 0 atom stereocenters. The fourth-order valence-electron chi connectivity index (χ4n) is 3.88. The van der Waals surface area contributed by atoms with Crippen LogP contribution in [0.5, 0.6) is 0 Å². The second-order valence-electron chi connectivity index (χ2n) is 8.75. The third-order valence-electron chi connectivity index (χ3n) is 5.85. The minimum absolute atomic E-state index is 1.25. The standard InChI is InChI=1S/C26H47N/c1-4-5-6-7-8-9-10-11-12-13-14-15-16-17-18-19-20-25-21-23-26(24-22-25)27(2)3/h21-24H,4-20H2,1-3H3/p+1. The highest BCUT2D eigenvalue weighted by molar-refractivity contribution is 5.32. The van der Waals surface area contributed by atoms with Gasteiger partial charge in [0, 0.05) is 0 Å². The van der Waals surface area contributed by atoms with E-state index in [2.05, 4.69) is 45.3 Å². The van der Waals surface area contributed by atoms with Crippen LogP contribution in [0.3, 0.4) is 0 Å². The first kappa shape index (κ1) is 24.2. The third-order valence-corrected chi connectivity index (χ3v) is 5.85. The highest BCUT2D eigenvalue weighted by Gasteiger charge is 2.00. The first-order chi connectivity index (χ1) is 13.2. The SMILES string of the molecule is CCCCCCCCCCCCCCCCCCc1ccc([NH+](C)C)cc1. The van der Waals surface area contributed by atoms with Crippen LogP contribution in [-0.2, 0) is 6.42 Å². The van der Waals surface area contributed by atoms with Gasteiger partial charge in [-0.25, -0.2) is 0 Å². The number of hydrogen-bond acceptors (Lipinski definition) is 0. The predicted octanol–water partition coefficient (Wildman–Crippen LogP) is 7.27. The molecule has 0 amide bonds. The van der Waals surface area contributed by atoms with Crippen LogP contribution in [0.4, 0.5) is 5.69 Å². The largest absolute Gasteiger partial charge is 0.307 e. The Kier molecular flexibility index (Phi) is 15.5. The average molecular weight is 375 g/mol. The normalized spacial score (nSPS) is 11.4. The molecule has 1 aromatic rings. The highest BCUT2D eigenvalue weighted by Crippen LogP contribution is 2.15. The van der Waals surface area contributed by atoms with E-state index >= 15 is 0 Å². The van der Waals surface area contributed by atoms with Gasteiger partial charge in [-0.05, 0) is 30.5 Å². The molecular formula is C26H48N+. The second-order valence-corrected chi connectivity index (χ2v) is 8.75. The summed E-state index contributed by atoms with van der Waals surface area (Å²) >= 11 is 0. The molecule has 0 radical (unpaired) electrons. The van der Waals surface area contributed by atoms with Gasteiger partial charge in [-0.2, -0.15) is 0 Å². The summed E-state index contributed by atoms with van der Waals surface area (Å²) in [5.41, 5.74) is 2.89. The van der Waals surface area contributed by atoms with Gasteiger partial charge in [0.1, 0.15) is 5.69 Å². The van der Waals surface area contributed by atoms with Crippen LogP contribution in [0.15, 0.2) is 24.3 Å². The Hall–Kier alpha value is -0.820. The summed E-state index contributed by atoms with van der Waals surface area (Å²) in [5.74, 6) is 0. The Morgan fingerprint density at radius 1 is 0.519 bits per heavy atom. The number of aryl methyl sites for hydroxylation is 1. The number of unbranched alkanes of at least 4 members (excludes halogenated alkanes) is 15. The van der Waals surface area contributed by atoms with Crippen LogP contribution in [0, 0.1) is 0 Å². The van der Waals surface area contributed by atoms with Crippen LogP contribution in [0.25, 0.3) is 0 Å². The molecule has 1 heteroatoms. The van der Waals surface area contributed by atoms with Crippen LogP contribution in [-0.4, -0.2) is 14.1 Å². The zero-order chi connectivity index (χ0) is 19.6. The maximum absolute atomic E-state index is 2.31. The molecule has 0 bridgehead atoms. The molecule has 156 valence electrons. The van der Waals surface area contributed by atoms with Gasteiger partial charge in [0.15, 0.2) is 0 Å². The zero-order valence-corrected chi connectivity index (χ0v) is 18.8. The molecule has 0 fully saturated rings. The zero-order valence-electron chi connectivity index (χ0n) is 18.8. The molecule has 0 unspecified atom stereocenters. The fourth-order valence-corrected chi connectivity index (χ4v) is 3.88. The molecule has 0 saturated carbocycles. The summed E-state index contributed by atoms with van der Waals surface area (Å²) in [6.45, 7) is 2.30. The van der Waals surface area contributed by atoms with Crippen molar-refractivity contribution in [1.82, 2.24) is 0 Å². The number of quaternary nitrogens is 1. The predicted molar refractivity (Wildman–Crippen MR) is 122 cm³/mol. The highest BCUT2D eigenvalue weighted by atomic mass is 15.1. The van der Waals surface area contributed by atoms with Gasteiger partial charge in [-0.15, -0.1) is 0 Å². The van der Waals surface area contributed by atoms with E-state index in [0.29, 0.717) is 0 Å². The van der Waals surface area contributed by atoms with Crippen molar-refractivity contribution in [3.8, 4) is 0 Å². The first-order valence-electron chi connectivity index (χ1n) is 12.1. The smallest absolute Gasteiger partial charge is 0.130 e. The molecular weight excluding hydrogens is 326 g/mol. The lowest BCUT2D eigenvalue weighted by Gasteiger charge is -2.07. The third kappa shape index (κ3) is 13.9. The number of nitrogens with one attached hydrogen (secondary N) is 1. The van der Waals surface area contributed by atoms with Gasteiger partial charge in [0.2, 0.25) is 0 Å². The summed E-state index contributed by atoms with van der Waals surface area (Å²) in [6, 6.07) is 9.18. The summed E-state index contributed by atoms with van der Waals surface area (Å²) in [4.78, 5) is 1.41. The molecule has 0 aliphatic heterocycles. The summed E-state index contributed by atoms with van der Waals surface area (Å²) < 4.78 is 0. The van der Waals surface area contributed by atoms with Crippen molar-refractivity contribution in [2.45, 2.75) is 116 Å². The first-order valence-corrected chi connectivity index (χ1v) is 12.1. The van der Waals surface area contributed by atoms with Gasteiger partial charge in [0.05, 0.1) is 14.1 Å². The Labute approximate surface area is 170 Å². The van der Waals surface area contributed by atoms with Gasteiger partial charge < -0.3 is 4.90 Å². The Bertz CT molecular complexity index is 420. The van der Waals surface area contributed by atoms with E-state index in [9.17, 15) is 0 Å². The Balaban J connectivity index is 1.80. The fraction of sp³-hybridized carbons (Fsp3) is 0.769. The van der Waals surface area contributed by atoms with E-state index < -0.39 is 0 Å². The van der Waals surface area contributed by atoms with Crippen LogP contribution >= 0.6 is 0 Å². The molecule has 0 aromatic heterocycles. The van der Waals surface area contributed by atoms with Crippen molar-refractivity contribution >= 4 is 5.69 Å². The molecule has 1 aromatic carbocycles. The van der Waals surface area contributed by atoms with Gasteiger partial charge in [0.25, 0.3) is 0 Å².